The van der Waals surface area contributed by atoms with Crippen LogP contribution in [0, 0.1) is 11.3 Å². The standard InChI is InChI=1S/C9H10N2O/c1-12-8-2-3-9(11)7(6-8)4-5-10/h2-3,6H,4,11H2,1H3. The zero-order valence-corrected chi connectivity index (χ0v) is 6.87. The summed E-state index contributed by atoms with van der Waals surface area (Å²) in [6.45, 7) is 0. The van der Waals surface area contributed by atoms with E-state index in [1.165, 1.54) is 0 Å². The minimum absolute atomic E-state index is 0.322. The number of hydrogen-bond donors (Lipinski definition) is 1. The number of benzene rings is 1. The van der Waals surface area contributed by atoms with Crippen LogP contribution >= 0.6 is 0 Å². The molecule has 0 saturated carbocycles. The Morgan fingerprint density at radius 1 is 1.58 bits per heavy atom. The molecule has 0 aliphatic rings. The molecular weight excluding hydrogens is 152 g/mol. The van der Waals surface area contributed by atoms with Crippen LogP contribution in [0.5, 0.6) is 5.75 Å². The van der Waals surface area contributed by atoms with E-state index in [0.717, 1.165) is 11.3 Å². The Morgan fingerprint density at radius 3 is 2.92 bits per heavy atom. The van der Waals surface area contributed by atoms with E-state index in [4.69, 9.17) is 15.7 Å². The molecule has 3 heteroatoms. The highest BCUT2D eigenvalue weighted by Crippen LogP contribution is 2.19. The van der Waals surface area contributed by atoms with Crippen LogP contribution in [-0.2, 0) is 6.42 Å². The van der Waals surface area contributed by atoms with Gasteiger partial charge in [0.15, 0.2) is 0 Å². The SMILES string of the molecule is COc1ccc(N)c(CC#N)c1. The maximum absolute atomic E-state index is 8.46. The molecule has 3 nitrogen and oxygen atoms in total. The van der Waals surface area contributed by atoms with Gasteiger partial charge in [-0.25, -0.2) is 0 Å². The minimum atomic E-state index is 0.322. The van der Waals surface area contributed by atoms with Crippen molar-refractivity contribution in [1.82, 2.24) is 0 Å². The Kier molecular flexibility index (Phi) is 2.54. The largest absolute Gasteiger partial charge is 0.497 e. The normalized spacial score (nSPS) is 9.00. The average Bonchev–Trinajstić information content (AvgIpc) is 2.09. The number of nitriles is 1. The number of hydrogen-bond acceptors (Lipinski definition) is 3. The van der Waals surface area contributed by atoms with Gasteiger partial charge in [-0.15, -0.1) is 0 Å². The Morgan fingerprint density at radius 2 is 2.33 bits per heavy atom. The number of ether oxygens (including phenoxy) is 1. The van der Waals surface area contributed by atoms with Crippen LogP contribution in [-0.4, -0.2) is 7.11 Å². The van der Waals surface area contributed by atoms with E-state index < -0.39 is 0 Å². The summed E-state index contributed by atoms with van der Waals surface area (Å²) in [7, 11) is 1.58. The van der Waals surface area contributed by atoms with Crippen molar-refractivity contribution in [2.75, 3.05) is 12.8 Å². The number of nitrogens with two attached hydrogens (primary N) is 1. The van der Waals surface area contributed by atoms with Crippen LogP contribution in [0.4, 0.5) is 5.69 Å². The highest BCUT2D eigenvalue weighted by molar-refractivity contribution is 5.51. The number of methoxy groups -OCH3 is 1. The van der Waals surface area contributed by atoms with Gasteiger partial charge in [-0.1, -0.05) is 0 Å². The number of nitrogen functional groups attached to an aromatic ring is 1. The van der Waals surface area contributed by atoms with Crippen molar-refractivity contribution in [1.29, 1.82) is 5.26 Å². The fourth-order valence-electron chi connectivity index (χ4n) is 0.947. The summed E-state index contributed by atoms with van der Waals surface area (Å²) in [6.07, 6.45) is 0.322. The van der Waals surface area contributed by atoms with Crippen molar-refractivity contribution in [3.8, 4) is 11.8 Å². The lowest BCUT2D eigenvalue weighted by molar-refractivity contribution is 0.414. The molecule has 0 bridgehead atoms. The third-order valence-corrected chi connectivity index (χ3v) is 1.62. The molecule has 1 rings (SSSR count). The Labute approximate surface area is 71.4 Å². The van der Waals surface area contributed by atoms with Gasteiger partial charge in [0.05, 0.1) is 19.6 Å². The van der Waals surface area contributed by atoms with Crippen LogP contribution in [0.1, 0.15) is 5.56 Å². The molecule has 12 heavy (non-hydrogen) atoms. The lowest BCUT2D eigenvalue weighted by atomic mass is 10.1. The molecule has 0 aliphatic carbocycles. The summed E-state index contributed by atoms with van der Waals surface area (Å²) < 4.78 is 4.99. The molecule has 0 spiro atoms. The smallest absolute Gasteiger partial charge is 0.119 e. The molecule has 0 radical (unpaired) electrons. The quantitative estimate of drug-likeness (QED) is 0.667. The molecule has 2 N–H and O–H groups in total. The van der Waals surface area contributed by atoms with E-state index in [0.29, 0.717) is 12.1 Å². The number of rotatable bonds is 2. The maximum atomic E-state index is 8.46. The van der Waals surface area contributed by atoms with E-state index in [1.807, 2.05) is 6.07 Å². The molecule has 0 unspecified atom stereocenters. The van der Waals surface area contributed by atoms with E-state index in [1.54, 1.807) is 25.3 Å². The third kappa shape index (κ3) is 1.67. The van der Waals surface area contributed by atoms with Crippen molar-refractivity contribution in [3.05, 3.63) is 23.8 Å². The summed E-state index contributed by atoms with van der Waals surface area (Å²) in [6, 6.07) is 7.33. The molecule has 1 aromatic rings. The Hall–Kier alpha value is -1.69. The lowest BCUT2D eigenvalue weighted by Gasteiger charge is -2.04. The molecule has 0 saturated heterocycles. The van der Waals surface area contributed by atoms with Crippen molar-refractivity contribution in [2.45, 2.75) is 6.42 Å². The predicted molar refractivity (Wildman–Crippen MR) is 46.7 cm³/mol. The van der Waals surface area contributed by atoms with Gasteiger partial charge in [0.1, 0.15) is 5.75 Å². The van der Waals surface area contributed by atoms with Crippen LogP contribution < -0.4 is 10.5 Å². The minimum Gasteiger partial charge on any atom is -0.497 e. The van der Waals surface area contributed by atoms with Crippen LogP contribution in [0.15, 0.2) is 18.2 Å². The summed E-state index contributed by atoms with van der Waals surface area (Å²) >= 11 is 0. The first-order valence-electron chi connectivity index (χ1n) is 3.57. The summed E-state index contributed by atoms with van der Waals surface area (Å²) in [5.41, 5.74) is 7.08. The Bertz CT molecular complexity index is 315. The molecule has 0 fully saturated rings. The van der Waals surface area contributed by atoms with Crippen molar-refractivity contribution < 1.29 is 4.74 Å². The average molecular weight is 162 g/mol. The van der Waals surface area contributed by atoms with E-state index in [-0.39, 0.29) is 0 Å². The summed E-state index contributed by atoms with van der Waals surface area (Å²) in [4.78, 5) is 0. The van der Waals surface area contributed by atoms with Crippen molar-refractivity contribution in [3.63, 3.8) is 0 Å². The van der Waals surface area contributed by atoms with E-state index in [2.05, 4.69) is 0 Å². The lowest BCUT2D eigenvalue weighted by Crippen LogP contribution is -1.94. The zero-order chi connectivity index (χ0) is 8.97. The monoisotopic (exact) mass is 162 g/mol. The second-order valence-corrected chi connectivity index (χ2v) is 2.40. The van der Waals surface area contributed by atoms with Crippen molar-refractivity contribution >= 4 is 5.69 Å². The van der Waals surface area contributed by atoms with Crippen LogP contribution in [0.2, 0.25) is 0 Å². The second kappa shape index (κ2) is 3.63. The van der Waals surface area contributed by atoms with Gasteiger partial charge in [-0.2, -0.15) is 5.26 Å². The molecule has 0 atom stereocenters. The first-order chi connectivity index (χ1) is 5.77. The molecule has 0 heterocycles. The predicted octanol–water partition coefficient (Wildman–Crippen LogP) is 1.34. The summed E-state index contributed by atoms with van der Waals surface area (Å²) in [5.74, 6) is 0.731. The van der Waals surface area contributed by atoms with Gasteiger partial charge in [0, 0.05) is 5.69 Å². The van der Waals surface area contributed by atoms with Gasteiger partial charge in [0.2, 0.25) is 0 Å². The van der Waals surface area contributed by atoms with Crippen molar-refractivity contribution in [2.24, 2.45) is 0 Å². The summed E-state index contributed by atoms with van der Waals surface area (Å²) in [5, 5.41) is 8.46. The fourth-order valence-corrected chi connectivity index (χ4v) is 0.947. The van der Waals surface area contributed by atoms with Gasteiger partial charge >= 0.3 is 0 Å². The van der Waals surface area contributed by atoms with Crippen LogP contribution in [0.3, 0.4) is 0 Å². The Balaban J connectivity index is 3.01. The van der Waals surface area contributed by atoms with E-state index in [9.17, 15) is 0 Å². The number of nitrogens with zero attached hydrogens (tertiary/aromatic N) is 1. The molecule has 62 valence electrons. The van der Waals surface area contributed by atoms with Gasteiger partial charge < -0.3 is 10.5 Å². The molecule has 0 aliphatic heterocycles. The molecular formula is C9H10N2O. The van der Waals surface area contributed by atoms with Crippen LogP contribution in [0.25, 0.3) is 0 Å². The topological polar surface area (TPSA) is 59.0 Å². The fraction of sp³-hybridized carbons (Fsp3) is 0.222. The van der Waals surface area contributed by atoms with Gasteiger partial charge in [0.25, 0.3) is 0 Å². The molecule has 0 amide bonds. The second-order valence-electron chi connectivity index (χ2n) is 2.40. The maximum Gasteiger partial charge on any atom is 0.119 e. The first-order valence-corrected chi connectivity index (χ1v) is 3.57. The first kappa shape index (κ1) is 8.41. The molecule has 1 aromatic carbocycles. The van der Waals surface area contributed by atoms with Gasteiger partial charge in [-0.3, -0.25) is 0 Å². The number of anilines is 1. The highest BCUT2D eigenvalue weighted by Gasteiger charge is 1.99. The molecule has 0 aromatic heterocycles. The third-order valence-electron chi connectivity index (χ3n) is 1.62. The zero-order valence-electron chi connectivity index (χ0n) is 6.87. The van der Waals surface area contributed by atoms with Gasteiger partial charge in [-0.05, 0) is 23.8 Å². The van der Waals surface area contributed by atoms with E-state index >= 15 is 0 Å². The highest BCUT2D eigenvalue weighted by atomic mass is 16.5.